The molecule has 3 aliphatic heterocycles. The van der Waals surface area contributed by atoms with Gasteiger partial charge in [-0.1, -0.05) is 32.1 Å². The van der Waals surface area contributed by atoms with Gasteiger partial charge in [0.15, 0.2) is 0 Å². The third kappa shape index (κ3) is 4.83. The van der Waals surface area contributed by atoms with Crippen LogP contribution in [0, 0.1) is 11.8 Å². The normalized spacial score (nSPS) is 30.1. The average Bonchev–Trinajstić information content (AvgIpc) is 3.60. The molecule has 0 unspecified atom stereocenters. The SMILES string of the molecule is CC(C)C[C@@H]1N[C@@](O)(O[C@@](NC(=O)[C@@H]2C=C3c4cccc5[nH]cc(c45)C[C@H]3N(C)C2)(C(=O)O)C(C)(C)O)[C@@H]2CCCN2C1=O. The van der Waals surface area contributed by atoms with Crippen molar-refractivity contribution in [3.8, 4) is 0 Å². The molecule has 0 spiro atoms. The van der Waals surface area contributed by atoms with Gasteiger partial charge in [0, 0.05) is 36.2 Å². The van der Waals surface area contributed by atoms with Crippen LogP contribution < -0.4 is 10.6 Å². The first kappa shape index (κ1) is 30.7. The zero-order chi connectivity index (χ0) is 31.8. The molecule has 1 aliphatic carbocycles. The molecule has 1 aromatic heterocycles. The summed E-state index contributed by atoms with van der Waals surface area (Å²) in [5.74, 6) is -5.58. The van der Waals surface area contributed by atoms with E-state index in [1.54, 1.807) is 0 Å². The number of carbonyl (C=O) groups is 3. The molecule has 0 bridgehead atoms. The lowest BCUT2D eigenvalue weighted by Crippen LogP contribution is -2.79. The van der Waals surface area contributed by atoms with Gasteiger partial charge in [0.1, 0.15) is 11.6 Å². The number of carboxylic acids is 1. The Morgan fingerprint density at radius 3 is 2.70 bits per heavy atom. The second kappa shape index (κ2) is 10.7. The Labute approximate surface area is 256 Å². The summed E-state index contributed by atoms with van der Waals surface area (Å²) in [5.41, 5.74) is -0.753. The van der Waals surface area contributed by atoms with E-state index in [0.717, 1.165) is 28.5 Å². The first-order valence-corrected chi connectivity index (χ1v) is 15.4. The van der Waals surface area contributed by atoms with Crippen LogP contribution in [0.15, 0.2) is 30.5 Å². The average molecular weight is 610 g/mol. The zero-order valence-corrected chi connectivity index (χ0v) is 25.9. The van der Waals surface area contributed by atoms with E-state index < -0.39 is 47.1 Å². The lowest BCUT2D eigenvalue weighted by Gasteiger charge is -2.52. The number of H-pyrrole nitrogens is 1. The van der Waals surface area contributed by atoms with Gasteiger partial charge < -0.3 is 30.5 Å². The second-order valence-corrected chi connectivity index (χ2v) is 13.8. The fourth-order valence-electron chi connectivity index (χ4n) is 7.55. The monoisotopic (exact) mass is 609 g/mol. The van der Waals surface area contributed by atoms with E-state index in [1.165, 1.54) is 24.3 Å². The van der Waals surface area contributed by atoms with Crippen LogP contribution in [0.25, 0.3) is 16.5 Å². The minimum Gasteiger partial charge on any atom is -0.478 e. The first-order valence-electron chi connectivity index (χ1n) is 15.4. The quantitative estimate of drug-likeness (QED) is 0.242. The van der Waals surface area contributed by atoms with Gasteiger partial charge >= 0.3 is 5.97 Å². The maximum atomic E-state index is 14.0. The number of rotatable bonds is 8. The van der Waals surface area contributed by atoms with Crippen molar-refractivity contribution >= 4 is 34.3 Å². The number of ether oxygens (including phenoxy) is 1. The largest absolute Gasteiger partial charge is 0.478 e. The predicted octanol–water partition coefficient (Wildman–Crippen LogP) is 1.38. The van der Waals surface area contributed by atoms with E-state index >= 15 is 0 Å². The van der Waals surface area contributed by atoms with Gasteiger partial charge in [0.25, 0.3) is 5.72 Å². The number of carbonyl (C=O) groups excluding carboxylic acids is 2. The van der Waals surface area contributed by atoms with Crippen LogP contribution in [-0.4, -0.2) is 103 Å². The third-order valence-corrected chi connectivity index (χ3v) is 9.75. The summed E-state index contributed by atoms with van der Waals surface area (Å²) < 4.78 is 6.07. The number of aliphatic hydroxyl groups is 2. The van der Waals surface area contributed by atoms with E-state index in [1.807, 2.05) is 51.4 Å². The summed E-state index contributed by atoms with van der Waals surface area (Å²) in [6.07, 6.45) is 5.99. The number of hydrogen-bond acceptors (Lipinski definition) is 8. The van der Waals surface area contributed by atoms with Crippen LogP contribution in [-0.2, 0) is 25.5 Å². The number of aromatic nitrogens is 1. The molecule has 2 amide bonds. The van der Waals surface area contributed by atoms with E-state index in [-0.39, 0.29) is 17.9 Å². The lowest BCUT2D eigenvalue weighted by molar-refractivity contribution is -0.342. The predicted molar refractivity (Wildman–Crippen MR) is 162 cm³/mol. The summed E-state index contributed by atoms with van der Waals surface area (Å²) in [6, 6.07) is 4.30. The van der Waals surface area contributed by atoms with Crippen LogP contribution >= 0.6 is 0 Å². The molecular formula is C32H43N5O7. The topological polar surface area (TPSA) is 167 Å². The van der Waals surface area contributed by atoms with Gasteiger partial charge in [-0.2, -0.15) is 0 Å². The Kier molecular flexibility index (Phi) is 7.44. The van der Waals surface area contributed by atoms with Gasteiger partial charge in [-0.05, 0) is 75.3 Å². The Balaban J connectivity index is 1.35. The van der Waals surface area contributed by atoms with Crippen LogP contribution in [0.3, 0.4) is 0 Å². The molecule has 6 N–H and O–H groups in total. The van der Waals surface area contributed by atoms with E-state index in [2.05, 4.69) is 20.5 Å². The Morgan fingerprint density at radius 1 is 1.27 bits per heavy atom. The van der Waals surface area contributed by atoms with Gasteiger partial charge in [0.2, 0.25) is 17.7 Å². The number of amides is 2. The van der Waals surface area contributed by atoms with Gasteiger partial charge in [-0.3, -0.25) is 24.5 Å². The minimum absolute atomic E-state index is 0.0404. The molecule has 4 aliphatic rings. The molecule has 6 atom stereocenters. The number of hydrogen-bond donors (Lipinski definition) is 6. The highest BCUT2D eigenvalue weighted by molar-refractivity contribution is 5.99. The van der Waals surface area contributed by atoms with Crippen molar-refractivity contribution in [2.45, 2.75) is 88.7 Å². The zero-order valence-electron chi connectivity index (χ0n) is 25.9. The Hall–Kier alpha value is -3.29. The Bertz CT molecular complexity index is 1530. The molecule has 12 heteroatoms. The number of aromatic amines is 1. The number of aliphatic carboxylic acids is 1. The molecule has 12 nitrogen and oxygen atoms in total. The van der Waals surface area contributed by atoms with E-state index in [0.29, 0.717) is 32.4 Å². The van der Waals surface area contributed by atoms with Crippen molar-refractivity contribution in [2.75, 3.05) is 20.1 Å². The second-order valence-electron chi connectivity index (χ2n) is 13.8. The highest BCUT2D eigenvalue weighted by atomic mass is 16.7. The maximum Gasteiger partial charge on any atom is 0.360 e. The maximum absolute atomic E-state index is 14.0. The molecule has 6 rings (SSSR count). The summed E-state index contributed by atoms with van der Waals surface area (Å²) in [4.78, 5) is 47.3. The summed E-state index contributed by atoms with van der Waals surface area (Å²) in [6.45, 7) is 7.00. The molecule has 4 heterocycles. The van der Waals surface area contributed by atoms with Crippen molar-refractivity contribution in [1.82, 2.24) is 25.4 Å². The molecule has 238 valence electrons. The van der Waals surface area contributed by atoms with Crippen molar-refractivity contribution in [1.29, 1.82) is 0 Å². The Morgan fingerprint density at radius 2 is 2.02 bits per heavy atom. The summed E-state index contributed by atoms with van der Waals surface area (Å²) in [5, 5.41) is 40.5. The number of piperazine rings is 1. The molecular weight excluding hydrogens is 566 g/mol. The van der Waals surface area contributed by atoms with E-state index in [4.69, 9.17) is 4.74 Å². The number of nitrogens with zero attached hydrogens (tertiary/aromatic N) is 2. The molecule has 1 aromatic carbocycles. The van der Waals surface area contributed by atoms with Gasteiger partial charge in [0.05, 0.1) is 12.0 Å². The van der Waals surface area contributed by atoms with Crippen molar-refractivity contribution in [3.05, 3.63) is 41.6 Å². The van der Waals surface area contributed by atoms with Crippen LogP contribution in [0.2, 0.25) is 0 Å². The number of likely N-dealkylation sites (N-methyl/N-ethyl adjacent to an activating group) is 1. The lowest BCUT2D eigenvalue weighted by atomic mass is 9.79. The number of benzene rings is 1. The number of fused-ring (bicyclic) bond motifs is 3. The highest BCUT2D eigenvalue weighted by Gasteiger charge is 2.63. The number of nitrogens with one attached hydrogen (secondary N) is 3. The molecule has 44 heavy (non-hydrogen) atoms. The van der Waals surface area contributed by atoms with Crippen molar-refractivity contribution in [2.24, 2.45) is 11.8 Å². The molecule has 2 aromatic rings. The van der Waals surface area contributed by atoms with Crippen LogP contribution in [0.1, 0.15) is 58.1 Å². The van der Waals surface area contributed by atoms with Gasteiger partial charge in [-0.25, -0.2) is 4.79 Å². The van der Waals surface area contributed by atoms with Crippen molar-refractivity contribution in [3.63, 3.8) is 0 Å². The summed E-state index contributed by atoms with van der Waals surface area (Å²) in [7, 11) is 1.93. The smallest absolute Gasteiger partial charge is 0.360 e. The fraction of sp³-hybridized carbons (Fsp3) is 0.594. The molecule has 2 fully saturated rings. The molecule has 2 saturated heterocycles. The number of carboxylic acid groups (broad SMARTS) is 1. The van der Waals surface area contributed by atoms with Crippen LogP contribution in [0.5, 0.6) is 0 Å². The fourth-order valence-corrected chi connectivity index (χ4v) is 7.55. The van der Waals surface area contributed by atoms with Gasteiger partial charge in [-0.15, -0.1) is 0 Å². The summed E-state index contributed by atoms with van der Waals surface area (Å²) >= 11 is 0. The third-order valence-electron chi connectivity index (χ3n) is 9.75. The molecule has 0 saturated carbocycles. The molecule has 0 radical (unpaired) electrons. The minimum atomic E-state index is -2.77. The standard InChI is InChI=1S/C32H43N5O7/c1-17(2)12-23-28(39)37-11-7-10-25(37)32(43,34-23)44-31(29(40)41,30(3,4)42)35-27(38)19-13-21-20-8-6-9-22-26(20)18(15-33-22)14-24(21)36(5)16-19/h6,8-9,13,15,17,19,23-25,33-34,42-43H,7,10-12,14,16H2,1-5H3,(H,35,38)(H,40,41)/t19-,23+,24-,25+,31+,32+/m1/s1. The van der Waals surface area contributed by atoms with Crippen LogP contribution in [0.4, 0.5) is 0 Å². The van der Waals surface area contributed by atoms with Crippen molar-refractivity contribution < 1.29 is 34.4 Å². The van der Waals surface area contributed by atoms with E-state index in [9.17, 15) is 29.7 Å². The first-order chi connectivity index (χ1) is 20.6. The highest BCUT2D eigenvalue weighted by Crippen LogP contribution is 2.42.